The first-order chi connectivity index (χ1) is 25.2. The number of aromatic hydroxyl groups is 3. The molecule has 6 rings (SSSR count). The third kappa shape index (κ3) is 7.49. The zero-order valence-electron chi connectivity index (χ0n) is 32.7. The van der Waals surface area contributed by atoms with Crippen LogP contribution in [0.2, 0.25) is 0 Å². The summed E-state index contributed by atoms with van der Waals surface area (Å²) in [6.45, 7) is 20.7. The number of phenols is 3. The largest absolute Gasteiger partial charge is 0.508 e. The number of fused-ring (bicyclic) bond motifs is 1. The molecule has 3 N–H and O–H groups in total. The van der Waals surface area contributed by atoms with Crippen molar-refractivity contribution in [3.8, 4) is 23.0 Å². The van der Waals surface area contributed by atoms with E-state index in [-0.39, 0.29) is 29.6 Å². The fraction of sp³-hybridized carbons (Fsp3) is 0.292. The van der Waals surface area contributed by atoms with E-state index in [9.17, 15) is 15.3 Å². The van der Waals surface area contributed by atoms with Gasteiger partial charge in [-0.3, -0.25) is 0 Å². The Bertz CT molecular complexity index is 2280. The molecule has 0 heterocycles. The molecular weight excluding hydrogens is 657 g/mol. The van der Waals surface area contributed by atoms with Crippen LogP contribution in [-0.2, 0) is 4.74 Å². The highest BCUT2D eigenvalue weighted by molar-refractivity contribution is 5.85. The monoisotopic (exact) mass is 708 g/mol. The van der Waals surface area contributed by atoms with Crippen LogP contribution in [-0.4, -0.2) is 28.2 Å². The van der Waals surface area contributed by atoms with Crippen LogP contribution >= 0.6 is 0 Å². The second kappa shape index (κ2) is 15.0. The van der Waals surface area contributed by atoms with Gasteiger partial charge in [0.25, 0.3) is 0 Å². The molecule has 0 aliphatic rings. The number of phenolic OH excluding ortho intramolecular Hbond substituents is 3. The Morgan fingerprint density at radius 1 is 0.453 bits per heavy atom. The fourth-order valence-electron chi connectivity index (χ4n) is 7.80. The van der Waals surface area contributed by atoms with Crippen molar-refractivity contribution >= 4 is 10.8 Å². The maximum atomic E-state index is 10.6. The van der Waals surface area contributed by atoms with Crippen molar-refractivity contribution in [1.29, 1.82) is 0 Å². The quantitative estimate of drug-likeness (QED) is 0.0975. The number of aryl methyl sites for hydroxylation is 8. The molecule has 0 aromatic heterocycles. The molecule has 0 aliphatic carbocycles. The van der Waals surface area contributed by atoms with E-state index in [0.717, 1.165) is 88.8 Å². The number of ether oxygens (including phenoxy) is 2. The van der Waals surface area contributed by atoms with Crippen LogP contribution in [0.1, 0.15) is 104 Å². The predicted octanol–water partition coefficient (Wildman–Crippen LogP) is 11.5. The third-order valence-corrected chi connectivity index (χ3v) is 10.8. The van der Waals surface area contributed by atoms with E-state index in [1.165, 1.54) is 5.56 Å². The first-order valence-electron chi connectivity index (χ1n) is 18.5. The maximum Gasteiger partial charge on any atom is 0.196 e. The lowest BCUT2D eigenvalue weighted by Crippen LogP contribution is -2.17. The van der Waals surface area contributed by atoms with Crippen molar-refractivity contribution in [3.05, 3.63) is 163 Å². The van der Waals surface area contributed by atoms with Crippen LogP contribution in [0.15, 0.2) is 84.9 Å². The third-order valence-electron chi connectivity index (χ3n) is 10.8. The molecule has 0 aliphatic heterocycles. The highest BCUT2D eigenvalue weighted by atomic mass is 16.7. The van der Waals surface area contributed by atoms with Gasteiger partial charge in [-0.1, -0.05) is 60.7 Å². The van der Waals surface area contributed by atoms with Gasteiger partial charge < -0.3 is 24.8 Å². The standard InChI is InChI=1S/C48H52O5/c1-11-52-34(10)53-46-23-29(5)42(19-33(46)9)48(41-18-32(8)45(51)22-28(41)4)38-15-13-35-24-37(14-12-36(35)25-38)47(39-16-30(6)43(49)20-26(39)2)40-17-31(7)44(50)21-27(40)3/h12-25,34,47-51H,11H2,1-10H3. The van der Waals surface area contributed by atoms with Gasteiger partial charge in [0.15, 0.2) is 6.29 Å². The van der Waals surface area contributed by atoms with Crippen LogP contribution in [0.25, 0.3) is 10.8 Å². The van der Waals surface area contributed by atoms with Gasteiger partial charge in [-0.2, -0.15) is 0 Å². The molecular formula is C48H52O5. The van der Waals surface area contributed by atoms with Gasteiger partial charge in [0.05, 0.1) is 0 Å². The van der Waals surface area contributed by atoms with Crippen molar-refractivity contribution in [2.45, 2.75) is 87.4 Å². The Balaban J connectivity index is 1.51. The van der Waals surface area contributed by atoms with E-state index in [0.29, 0.717) is 12.4 Å². The highest BCUT2D eigenvalue weighted by Crippen LogP contribution is 2.43. The van der Waals surface area contributed by atoms with Crippen molar-refractivity contribution < 1.29 is 24.8 Å². The molecule has 0 fully saturated rings. The van der Waals surface area contributed by atoms with Crippen LogP contribution in [0.5, 0.6) is 23.0 Å². The Hall–Kier alpha value is -5.26. The van der Waals surface area contributed by atoms with E-state index < -0.39 is 0 Å². The summed E-state index contributed by atoms with van der Waals surface area (Å²) < 4.78 is 11.9. The van der Waals surface area contributed by atoms with Gasteiger partial charge in [-0.05, 0) is 182 Å². The number of hydrogen-bond donors (Lipinski definition) is 3. The summed E-state index contributed by atoms with van der Waals surface area (Å²) in [6.07, 6.45) is -0.351. The highest BCUT2D eigenvalue weighted by Gasteiger charge is 2.26. The van der Waals surface area contributed by atoms with Crippen molar-refractivity contribution in [2.75, 3.05) is 6.61 Å². The molecule has 0 saturated heterocycles. The normalized spacial score (nSPS) is 12.7. The molecule has 0 radical (unpaired) electrons. The molecule has 274 valence electrons. The number of rotatable bonds is 10. The Morgan fingerprint density at radius 2 is 0.811 bits per heavy atom. The summed E-state index contributed by atoms with van der Waals surface area (Å²) in [7, 11) is 0. The molecule has 5 nitrogen and oxygen atoms in total. The van der Waals surface area contributed by atoms with Crippen LogP contribution in [0, 0.1) is 55.4 Å². The lowest BCUT2D eigenvalue weighted by Gasteiger charge is -2.26. The molecule has 0 spiro atoms. The molecule has 6 aromatic rings. The van der Waals surface area contributed by atoms with Crippen molar-refractivity contribution in [2.24, 2.45) is 0 Å². The second-order valence-corrected chi connectivity index (χ2v) is 14.8. The van der Waals surface area contributed by atoms with Crippen molar-refractivity contribution in [3.63, 3.8) is 0 Å². The van der Waals surface area contributed by atoms with E-state index in [2.05, 4.69) is 87.5 Å². The first-order valence-corrected chi connectivity index (χ1v) is 18.5. The lowest BCUT2D eigenvalue weighted by molar-refractivity contribution is -0.0617. The molecule has 2 unspecified atom stereocenters. The molecule has 53 heavy (non-hydrogen) atoms. The second-order valence-electron chi connectivity index (χ2n) is 14.8. The average Bonchev–Trinajstić information content (AvgIpc) is 3.10. The van der Waals surface area contributed by atoms with Gasteiger partial charge >= 0.3 is 0 Å². The van der Waals surface area contributed by atoms with Crippen molar-refractivity contribution in [1.82, 2.24) is 0 Å². The number of hydrogen-bond acceptors (Lipinski definition) is 5. The smallest absolute Gasteiger partial charge is 0.196 e. The minimum absolute atomic E-state index is 0.0894. The minimum Gasteiger partial charge on any atom is -0.508 e. The average molecular weight is 709 g/mol. The topological polar surface area (TPSA) is 79.2 Å². The molecule has 2 atom stereocenters. The summed E-state index contributed by atoms with van der Waals surface area (Å²) in [6, 6.07) is 29.7. The summed E-state index contributed by atoms with van der Waals surface area (Å²) in [4.78, 5) is 0. The van der Waals surface area contributed by atoms with Crippen LogP contribution in [0.3, 0.4) is 0 Å². The summed E-state index contributed by atoms with van der Waals surface area (Å²) >= 11 is 0. The maximum absolute atomic E-state index is 10.6. The Morgan fingerprint density at radius 3 is 1.19 bits per heavy atom. The van der Waals surface area contributed by atoms with Gasteiger partial charge in [-0.15, -0.1) is 0 Å². The Kier molecular flexibility index (Phi) is 10.6. The molecule has 5 heteroatoms. The van der Waals surface area contributed by atoms with Crippen LogP contribution in [0.4, 0.5) is 0 Å². The summed E-state index contributed by atoms with van der Waals surface area (Å²) in [5, 5.41) is 34.0. The first kappa shape index (κ1) is 37.5. The molecule has 6 aromatic carbocycles. The zero-order valence-corrected chi connectivity index (χ0v) is 32.7. The zero-order chi connectivity index (χ0) is 38.3. The Labute approximate surface area is 314 Å². The SMILES string of the molecule is CCOC(C)Oc1cc(C)c(C(c2ccc3cc(C(c4cc(C)c(O)cc4C)c4cc(C)c(O)cc4C)ccc3c2)c2cc(C)c(O)cc2C)cc1C. The van der Waals surface area contributed by atoms with Gasteiger partial charge in [0, 0.05) is 18.4 Å². The number of benzene rings is 6. The summed E-state index contributed by atoms with van der Waals surface area (Å²) in [5.41, 5.74) is 14.5. The van der Waals surface area contributed by atoms with Crippen LogP contribution < -0.4 is 4.74 Å². The lowest BCUT2D eigenvalue weighted by atomic mass is 9.78. The summed E-state index contributed by atoms with van der Waals surface area (Å²) in [5.74, 6) is 1.48. The molecule has 0 bridgehead atoms. The van der Waals surface area contributed by atoms with E-state index in [4.69, 9.17) is 9.47 Å². The fourth-order valence-corrected chi connectivity index (χ4v) is 7.80. The van der Waals surface area contributed by atoms with Gasteiger partial charge in [-0.25, -0.2) is 0 Å². The predicted molar refractivity (Wildman–Crippen MR) is 216 cm³/mol. The van der Waals surface area contributed by atoms with E-state index in [1.54, 1.807) is 0 Å². The minimum atomic E-state index is -0.351. The molecule has 0 saturated carbocycles. The van der Waals surface area contributed by atoms with E-state index in [1.807, 2.05) is 66.7 Å². The van der Waals surface area contributed by atoms with E-state index >= 15 is 0 Å². The van der Waals surface area contributed by atoms with Gasteiger partial charge in [0.1, 0.15) is 23.0 Å². The van der Waals surface area contributed by atoms with Gasteiger partial charge in [0.2, 0.25) is 0 Å². The molecule has 0 amide bonds.